The van der Waals surface area contributed by atoms with Gasteiger partial charge in [0.1, 0.15) is 9.84 Å². The van der Waals surface area contributed by atoms with Gasteiger partial charge in [0, 0.05) is 12.3 Å². The highest BCUT2D eigenvalue weighted by molar-refractivity contribution is 7.94. The summed E-state index contributed by atoms with van der Waals surface area (Å²) in [5.74, 6) is -0.515. The first kappa shape index (κ1) is 16.9. The van der Waals surface area contributed by atoms with Crippen LogP contribution in [0.4, 0.5) is 0 Å². The molecule has 17 heavy (non-hydrogen) atoms. The predicted octanol–water partition coefficient (Wildman–Crippen LogP) is 0.224. The van der Waals surface area contributed by atoms with E-state index in [2.05, 4.69) is 5.32 Å². The summed E-state index contributed by atoms with van der Waals surface area (Å²) < 4.78 is 44.9. The molecule has 1 atom stereocenters. The topological polar surface area (TPSA) is 80.3 Å². The Labute approximate surface area is 105 Å². The van der Waals surface area contributed by atoms with Crippen molar-refractivity contribution in [1.82, 2.24) is 5.32 Å². The van der Waals surface area contributed by atoms with Crippen molar-refractivity contribution >= 4 is 19.7 Å². The minimum atomic E-state index is -3.25. The highest BCUT2D eigenvalue weighted by atomic mass is 32.2. The summed E-state index contributed by atoms with van der Waals surface area (Å²) in [6, 6.07) is 0.142. The third kappa shape index (κ3) is 10.7. The molecule has 0 bridgehead atoms. The molecule has 0 aromatic carbocycles. The largest absolute Gasteiger partial charge is 0.314 e. The first-order valence-corrected chi connectivity index (χ1v) is 9.66. The molecule has 5 nitrogen and oxygen atoms in total. The summed E-state index contributed by atoms with van der Waals surface area (Å²) in [7, 11) is -6.46. The molecule has 0 fully saturated rings. The van der Waals surface area contributed by atoms with Crippen molar-refractivity contribution in [3.8, 4) is 0 Å². The molecule has 7 heteroatoms. The fraction of sp³-hybridized carbons (Fsp3) is 1.00. The fourth-order valence-electron chi connectivity index (χ4n) is 1.23. The molecule has 104 valence electrons. The lowest BCUT2D eigenvalue weighted by Gasteiger charge is -2.12. The van der Waals surface area contributed by atoms with Gasteiger partial charge in [-0.1, -0.05) is 6.92 Å². The molecular formula is C10H23NO4S2. The number of hydrogen-bond acceptors (Lipinski definition) is 5. The molecule has 0 aliphatic heterocycles. The first-order chi connectivity index (χ1) is 7.66. The van der Waals surface area contributed by atoms with Gasteiger partial charge in [-0.25, -0.2) is 16.8 Å². The maximum atomic E-state index is 11.6. The van der Waals surface area contributed by atoms with Crippen molar-refractivity contribution in [3.63, 3.8) is 0 Å². The van der Waals surface area contributed by atoms with Crippen molar-refractivity contribution in [2.24, 2.45) is 0 Å². The van der Waals surface area contributed by atoms with Crippen LogP contribution in [0.3, 0.4) is 0 Å². The van der Waals surface area contributed by atoms with Gasteiger partial charge in [-0.3, -0.25) is 0 Å². The van der Waals surface area contributed by atoms with Gasteiger partial charge in [-0.15, -0.1) is 0 Å². The highest BCUT2D eigenvalue weighted by Gasteiger charge is 2.15. The molecular weight excluding hydrogens is 262 g/mol. The van der Waals surface area contributed by atoms with Crippen LogP contribution in [-0.4, -0.2) is 52.9 Å². The van der Waals surface area contributed by atoms with Crippen LogP contribution >= 0.6 is 0 Å². The third-order valence-corrected chi connectivity index (χ3v) is 5.26. The van der Waals surface area contributed by atoms with Crippen molar-refractivity contribution in [3.05, 3.63) is 0 Å². The zero-order valence-electron chi connectivity index (χ0n) is 10.8. The van der Waals surface area contributed by atoms with Crippen LogP contribution < -0.4 is 5.32 Å². The lowest BCUT2D eigenvalue weighted by atomic mass is 10.2. The van der Waals surface area contributed by atoms with Gasteiger partial charge < -0.3 is 5.32 Å². The van der Waals surface area contributed by atoms with Crippen molar-refractivity contribution in [2.45, 2.75) is 32.7 Å². The van der Waals surface area contributed by atoms with Crippen LogP contribution in [0.5, 0.6) is 0 Å². The van der Waals surface area contributed by atoms with E-state index in [0.29, 0.717) is 6.42 Å². The molecule has 0 aliphatic carbocycles. The number of hydrogen-bond donors (Lipinski definition) is 1. The standard InChI is InChI=1S/C10H23NO4S2/c1-4-6-11-10(2)5-7-17(14,15)9-8-16(3,12)13/h10-11H,4-9H2,1-3H3. The Bertz CT molecular complexity index is 400. The quantitative estimate of drug-likeness (QED) is 0.655. The average molecular weight is 285 g/mol. The van der Waals surface area contributed by atoms with E-state index in [1.807, 2.05) is 13.8 Å². The lowest BCUT2D eigenvalue weighted by molar-refractivity contribution is 0.525. The van der Waals surface area contributed by atoms with Crippen molar-refractivity contribution in [1.29, 1.82) is 0 Å². The normalized spacial score (nSPS) is 14.8. The highest BCUT2D eigenvalue weighted by Crippen LogP contribution is 2.00. The second-order valence-electron chi connectivity index (χ2n) is 4.43. The van der Waals surface area contributed by atoms with E-state index < -0.39 is 19.7 Å². The smallest absolute Gasteiger partial charge is 0.151 e. The molecule has 0 rings (SSSR count). The molecule has 0 saturated heterocycles. The maximum Gasteiger partial charge on any atom is 0.151 e. The molecule has 1 unspecified atom stereocenters. The monoisotopic (exact) mass is 285 g/mol. The van der Waals surface area contributed by atoms with Gasteiger partial charge in [0.2, 0.25) is 0 Å². The number of nitrogens with one attached hydrogen (secondary N) is 1. The Morgan fingerprint density at radius 1 is 1.06 bits per heavy atom. The summed E-state index contributed by atoms with van der Waals surface area (Å²) in [6.07, 6.45) is 2.57. The molecule has 0 radical (unpaired) electrons. The predicted molar refractivity (Wildman–Crippen MR) is 70.7 cm³/mol. The fourth-order valence-corrected chi connectivity index (χ4v) is 4.37. The van der Waals surface area contributed by atoms with E-state index in [9.17, 15) is 16.8 Å². The zero-order chi connectivity index (χ0) is 13.5. The Kier molecular flexibility index (Phi) is 7.27. The summed E-state index contributed by atoms with van der Waals surface area (Å²) in [4.78, 5) is 0. The summed E-state index contributed by atoms with van der Waals surface area (Å²) in [6.45, 7) is 4.84. The summed E-state index contributed by atoms with van der Waals surface area (Å²) in [5, 5.41) is 3.19. The van der Waals surface area contributed by atoms with Gasteiger partial charge in [0.15, 0.2) is 9.84 Å². The molecule has 1 N–H and O–H groups in total. The molecule has 0 amide bonds. The van der Waals surface area contributed by atoms with Gasteiger partial charge in [-0.2, -0.15) is 0 Å². The van der Waals surface area contributed by atoms with Crippen LogP contribution in [-0.2, 0) is 19.7 Å². The Hall–Kier alpha value is -0.140. The SMILES string of the molecule is CCCNC(C)CCS(=O)(=O)CCS(C)(=O)=O. The summed E-state index contributed by atoms with van der Waals surface area (Å²) in [5.41, 5.74) is 0. The van der Waals surface area contributed by atoms with Gasteiger partial charge >= 0.3 is 0 Å². The lowest BCUT2D eigenvalue weighted by Crippen LogP contribution is -2.30. The average Bonchev–Trinajstić information content (AvgIpc) is 2.20. The minimum Gasteiger partial charge on any atom is -0.314 e. The Balaban J connectivity index is 4.02. The van der Waals surface area contributed by atoms with E-state index in [-0.39, 0.29) is 23.3 Å². The van der Waals surface area contributed by atoms with Gasteiger partial charge in [0.05, 0.1) is 17.3 Å². The van der Waals surface area contributed by atoms with E-state index in [1.54, 1.807) is 0 Å². The summed E-state index contributed by atoms with van der Waals surface area (Å²) >= 11 is 0. The molecule has 0 aromatic rings. The van der Waals surface area contributed by atoms with Gasteiger partial charge in [0.25, 0.3) is 0 Å². The van der Waals surface area contributed by atoms with Crippen LogP contribution in [0.2, 0.25) is 0 Å². The number of rotatable bonds is 9. The molecule has 0 saturated carbocycles. The van der Waals surface area contributed by atoms with Crippen LogP contribution in [0, 0.1) is 0 Å². The van der Waals surface area contributed by atoms with Gasteiger partial charge in [-0.05, 0) is 26.3 Å². The third-order valence-electron chi connectivity index (χ3n) is 2.37. The Morgan fingerprint density at radius 3 is 2.12 bits per heavy atom. The second kappa shape index (κ2) is 7.33. The van der Waals surface area contributed by atoms with Crippen molar-refractivity contribution < 1.29 is 16.8 Å². The number of sulfone groups is 2. The first-order valence-electron chi connectivity index (χ1n) is 5.78. The van der Waals surface area contributed by atoms with E-state index in [4.69, 9.17) is 0 Å². The van der Waals surface area contributed by atoms with E-state index >= 15 is 0 Å². The van der Waals surface area contributed by atoms with Crippen molar-refractivity contribution in [2.75, 3.05) is 30.1 Å². The molecule has 0 aromatic heterocycles. The minimum absolute atomic E-state index is 0.0421. The zero-order valence-corrected chi connectivity index (χ0v) is 12.4. The van der Waals surface area contributed by atoms with Crippen LogP contribution in [0.1, 0.15) is 26.7 Å². The molecule has 0 spiro atoms. The maximum absolute atomic E-state index is 11.6. The Morgan fingerprint density at radius 2 is 1.65 bits per heavy atom. The van der Waals surface area contributed by atoms with E-state index in [1.165, 1.54) is 0 Å². The molecule has 0 heterocycles. The van der Waals surface area contributed by atoms with Crippen LogP contribution in [0.15, 0.2) is 0 Å². The second-order valence-corrected chi connectivity index (χ2v) is 8.99. The molecule has 0 aliphatic rings. The van der Waals surface area contributed by atoms with E-state index in [0.717, 1.165) is 19.2 Å². The van der Waals surface area contributed by atoms with Crippen LogP contribution in [0.25, 0.3) is 0 Å².